The molecule has 3 amide bonds. The van der Waals surface area contributed by atoms with Crippen LogP contribution >= 0.6 is 0 Å². The highest BCUT2D eigenvalue weighted by molar-refractivity contribution is 6.22. The molecule has 2 heterocycles. The van der Waals surface area contributed by atoms with Gasteiger partial charge in [0.15, 0.2) is 0 Å². The van der Waals surface area contributed by atoms with Crippen LogP contribution in [0.1, 0.15) is 27.6 Å². The average molecular weight is 288 g/mol. The summed E-state index contributed by atoms with van der Waals surface area (Å²) in [4.78, 5) is 39.3. The molecule has 0 unspecified atom stereocenters. The fourth-order valence-corrected chi connectivity index (χ4v) is 2.66. The Morgan fingerprint density at radius 2 is 1.86 bits per heavy atom. The van der Waals surface area contributed by atoms with Gasteiger partial charge < -0.3 is 9.64 Å². The van der Waals surface area contributed by atoms with Crippen molar-refractivity contribution >= 4 is 17.7 Å². The van der Waals surface area contributed by atoms with Crippen LogP contribution in [0, 0.1) is 0 Å². The number of nitrogens with zero attached hydrogens (tertiary/aromatic N) is 2. The maximum absolute atomic E-state index is 12.3. The van der Waals surface area contributed by atoms with Gasteiger partial charge in [0.25, 0.3) is 11.8 Å². The van der Waals surface area contributed by atoms with Crippen LogP contribution in [0.15, 0.2) is 24.3 Å². The van der Waals surface area contributed by atoms with Gasteiger partial charge in [-0.2, -0.15) is 0 Å². The summed E-state index contributed by atoms with van der Waals surface area (Å²) in [7, 11) is 0. The largest absolute Gasteiger partial charge is 0.375 e. The predicted octanol–water partition coefficient (Wildman–Crippen LogP) is 0.530. The maximum atomic E-state index is 12.3. The standard InChI is InChI=1S/C15H16N2O4/c1-10-8-16(6-7-21-10)13(18)9-17-14(19)11-4-2-3-5-12(11)15(17)20/h2-5,10H,6-9H2,1H3/t10-/m0/s1. The van der Waals surface area contributed by atoms with Crippen molar-refractivity contribution in [1.82, 2.24) is 9.80 Å². The Balaban J connectivity index is 1.73. The van der Waals surface area contributed by atoms with Crippen LogP contribution in [0.5, 0.6) is 0 Å². The van der Waals surface area contributed by atoms with E-state index in [2.05, 4.69) is 0 Å². The van der Waals surface area contributed by atoms with Crippen molar-refractivity contribution in [2.24, 2.45) is 0 Å². The summed E-state index contributed by atoms with van der Waals surface area (Å²) in [5.74, 6) is -1.02. The van der Waals surface area contributed by atoms with Crippen LogP contribution in [0.4, 0.5) is 0 Å². The number of fused-ring (bicyclic) bond motifs is 1. The number of benzene rings is 1. The third-order valence-corrected chi connectivity index (χ3v) is 3.77. The first-order valence-electron chi connectivity index (χ1n) is 6.92. The van der Waals surface area contributed by atoms with Crippen LogP contribution in [-0.2, 0) is 9.53 Å². The van der Waals surface area contributed by atoms with Crippen LogP contribution in [0.2, 0.25) is 0 Å². The molecule has 110 valence electrons. The minimum Gasteiger partial charge on any atom is -0.375 e. The number of morpholine rings is 1. The minimum atomic E-state index is -0.398. The first kappa shape index (κ1) is 13.8. The van der Waals surface area contributed by atoms with Crippen molar-refractivity contribution < 1.29 is 19.1 Å². The highest BCUT2D eigenvalue weighted by atomic mass is 16.5. The first-order chi connectivity index (χ1) is 10.1. The van der Waals surface area contributed by atoms with Crippen LogP contribution in [-0.4, -0.2) is 59.9 Å². The second kappa shape index (κ2) is 5.29. The van der Waals surface area contributed by atoms with E-state index in [1.165, 1.54) is 0 Å². The van der Waals surface area contributed by atoms with Gasteiger partial charge in [-0.1, -0.05) is 12.1 Å². The lowest BCUT2D eigenvalue weighted by Crippen LogP contribution is -2.49. The molecule has 0 aromatic heterocycles. The zero-order chi connectivity index (χ0) is 15.0. The van der Waals surface area contributed by atoms with Crippen LogP contribution < -0.4 is 0 Å². The highest BCUT2D eigenvalue weighted by Gasteiger charge is 2.37. The van der Waals surface area contributed by atoms with Gasteiger partial charge in [-0.15, -0.1) is 0 Å². The lowest BCUT2D eigenvalue weighted by Gasteiger charge is -2.32. The van der Waals surface area contributed by atoms with E-state index in [1.54, 1.807) is 29.2 Å². The van der Waals surface area contributed by atoms with E-state index in [1.807, 2.05) is 6.92 Å². The molecular weight excluding hydrogens is 272 g/mol. The molecule has 0 radical (unpaired) electrons. The Kier molecular flexibility index (Phi) is 3.47. The fraction of sp³-hybridized carbons (Fsp3) is 0.400. The summed E-state index contributed by atoms with van der Waals surface area (Å²) in [5, 5.41) is 0. The highest BCUT2D eigenvalue weighted by Crippen LogP contribution is 2.22. The van der Waals surface area contributed by atoms with E-state index in [0.717, 1.165) is 4.90 Å². The van der Waals surface area contributed by atoms with E-state index in [-0.39, 0.29) is 18.6 Å². The van der Waals surface area contributed by atoms with E-state index >= 15 is 0 Å². The van der Waals surface area contributed by atoms with Gasteiger partial charge in [0.1, 0.15) is 6.54 Å². The average Bonchev–Trinajstić information content (AvgIpc) is 2.73. The molecule has 1 atom stereocenters. The molecule has 1 aromatic carbocycles. The second-order valence-electron chi connectivity index (χ2n) is 5.26. The molecule has 0 aliphatic carbocycles. The van der Waals surface area contributed by atoms with Gasteiger partial charge >= 0.3 is 0 Å². The van der Waals surface area contributed by atoms with Crippen LogP contribution in [0.25, 0.3) is 0 Å². The zero-order valence-corrected chi connectivity index (χ0v) is 11.7. The third-order valence-electron chi connectivity index (χ3n) is 3.77. The Labute approximate surface area is 122 Å². The van der Waals surface area contributed by atoms with E-state index < -0.39 is 11.8 Å². The van der Waals surface area contributed by atoms with E-state index in [0.29, 0.717) is 30.8 Å². The number of imide groups is 1. The van der Waals surface area contributed by atoms with Gasteiger partial charge in [-0.25, -0.2) is 0 Å². The van der Waals surface area contributed by atoms with Crippen molar-refractivity contribution in [2.75, 3.05) is 26.2 Å². The van der Waals surface area contributed by atoms with Crippen molar-refractivity contribution in [1.29, 1.82) is 0 Å². The zero-order valence-electron chi connectivity index (χ0n) is 11.7. The minimum absolute atomic E-state index is 0.0233. The number of ether oxygens (including phenoxy) is 1. The van der Waals surface area contributed by atoms with E-state index in [9.17, 15) is 14.4 Å². The lowest BCUT2D eigenvalue weighted by atomic mass is 10.1. The Morgan fingerprint density at radius 1 is 1.24 bits per heavy atom. The van der Waals surface area contributed by atoms with Gasteiger partial charge in [0, 0.05) is 13.1 Å². The summed E-state index contributed by atoms with van der Waals surface area (Å²) in [6.45, 7) is 3.14. The van der Waals surface area contributed by atoms with Crippen molar-refractivity contribution in [3.8, 4) is 0 Å². The van der Waals surface area contributed by atoms with Crippen LogP contribution in [0.3, 0.4) is 0 Å². The van der Waals surface area contributed by atoms with Gasteiger partial charge in [0.05, 0.1) is 23.8 Å². The Morgan fingerprint density at radius 3 is 2.43 bits per heavy atom. The number of carbonyl (C=O) groups excluding carboxylic acids is 3. The quantitative estimate of drug-likeness (QED) is 0.745. The van der Waals surface area contributed by atoms with Gasteiger partial charge in [0.2, 0.25) is 5.91 Å². The number of rotatable bonds is 2. The third kappa shape index (κ3) is 2.42. The Bertz CT molecular complexity index is 578. The Hall–Kier alpha value is -2.21. The van der Waals surface area contributed by atoms with Gasteiger partial charge in [-0.3, -0.25) is 19.3 Å². The van der Waals surface area contributed by atoms with Gasteiger partial charge in [-0.05, 0) is 19.1 Å². The number of amides is 3. The lowest BCUT2D eigenvalue weighted by molar-refractivity contribution is -0.138. The van der Waals surface area contributed by atoms with Crippen molar-refractivity contribution in [2.45, 2.75) is 13.0 Å². The fourth-order valence-electron chi connectivity index (χ4n) is 2.66. The first-order valence-corrected chi connectivity index (χ1v) is 6.92. The molecule has 3 rings (SSSR count). The molecule has 2 aliphatic rings. The molecular formula is C15H16N2O4. The second-order valence-corrected chi connectivity index (χ2v) is 5.26. The summed E-state index contributed by atoms with van der Waals surface area (Å²) in [6.07, 6.45) is -0.0233. The van der Waals surface area contributed by atoms with Crippen molar-refractivity contribution in [3.63, 3.8) is 0 Å². The topological polar surface area (TPSA) is 66.9 Å². The number of carbonyl (C=O) groups is 3. The maximum Gasteiger partial charge on any atom is 0.262 e. The molecule has 1 aromatic rings. The smallest absolute Gasteiger partial charge is 0.262 e. The summed E-state index contributed by atoms with van der Waals surface area (Å²) in [5.41, 5.74) is 0.733. The molecule has 1 fully saturated rings. The number of hydrogen-bond acceptors (Lipinski definition) is 4. The predicted molar refractivity (Wildman–Crippen MR) is 73.8 cm³/mol. The SMILES string of the molecule is C[C@H]1CN(C(=O)CN2C(=O)c3ccccc3C2=O)CCO1. The number of hydrogen-bond donors (Lipinski definition) is 0. The molecule has 0 bridgehead atoms. The molecule has 6 heteroatoms. The summed E-state index contributed by atoms with van der Waals surface area (Å²) in [6, 6.07) is 6.63. The molecule has 2 aliphatic heterocycles. The molecule has 1 saturated heterocycles. The van der Waals surface area contributed by atoms with Crippen molar-refractivity contribution in [3.05, 3.63) is 35.4 Å². The molecule has 21 heavy (non-hydrogen) atoms. The molecule has 0 spiro atoms. The molecule has 0 saturated carbocycles. The normalized spacial score (nSPS) is 21.7. The summed E-state index contributed by atoms with van der Waals surface area (Å²) < 4.78 is 5.38. The molecule has 0 N–H and O–H groups in total. The summed E-state index contributed by atoms with van der Waals surface area (Å²) >= 11 is 0. The monoisotopic (exact) mass is 288 g/mol. The van der Waals surface area contributed by atoms with E-state index in [4.69, 9.17) is 4.74 Å². The molecule has 6 nitrogen and oxygen atoms in total.